The van der Waals surface area contributed by atoms with Crippen molar-refractivity contribution in [1.82, 2.24) is 15.0 Å². The summed E-state index contributed by atoms with van der Waals surface area (Å²) in [5, 5.41) is 1.99. The van der Waals surface area contributed by atoms with Crippen molar-refractivity contribution in [2.75, 3.05) is 5.73 Å². The molecule has 0 spiro atoms. The molecule has 0 bridgehead atoms. The van der Waals surface area contributed by atoms with Crippen LogP contribution >= 0.6 is 23.4 Å². The minimum absolute atomic E-state index is 0.293. The molecule has 0 amide bonds. The van der Waals surface area contributed by atoms with E-state index in [0.29, 0.717) is 16.0 Å². The van der Waals surface area contributed by atoms with Gasteiger partial charge in [0.1, 0.15) is 10.2 Å². The van der Waals surface area contributed by atoms with Crippen molar-refractivity contribution in [1.29, 1.82) is 0 Å². The number of rotatable bonds is 2. The Bertz CT molecular complexity index is 742. The summed E-state index contributed by atoms with van der Waals surface area (Å²) in [5.74, 6) is 0.332. The van der Waals surface area contributed by atoms with Gasteiger partial charge in [0.05, 0.1) is 11.7 Å². The third-order valence-corrected chi connectivity index (χ3v) is 3.82. The molecule has 0 aliphatic carbocycles. The lowest BCUT2D eigenvalue weighted by atomic mass is 10.2. The summed E-state index contributed by atoms with van der Waals surface area (Å²) in [6.45, 7) is 0. The topological polar surface area (TPSA) is 64.7 Å². The summed E-state index contributed by atoms with van der Waals surface area (Å²) in [5.41, 5.74) is 6.76. The summed E-state index contributed by atoms with van der Waals surface area (Å²) in [7, 11) is 0. The monoisotopic (exact) mass is 288 g/mol. The van der Waals surface area contributed by atoms with Crippen molar-refractivity contribution in [3.05, 3.63) is 47.9 Å². The van der Waals surface area contributed by atoms with Crippen molar-refractivity contribution in [2.24, 2.45) is 0 Å². The lowest BCUT2D eigenvalue weighted by Crippen LogP contribution is -1.96. The van der Waals surface area contributed by atoms with Crippen LogP contribution in [0.2, 0.25) is 5.15 Å². The molecule has 6 heteroatoms. The Kier molecular flexibility index (Phi) is 3.23. The molecule has 19 heavy (non-hydrogen) atoms. The van der Waals surface area contributed by atoms with E-state index in [4.69, 9.17) is 17.3 Å². The number of nitrogens with two attached hydrogens (primary N) is 1. The van der Waals surface area contributed by atoms with E-state index in [1.54, 1.807) is 6.20 Å². The van der Waals surface area contributed by atoms with E-state index in [1.807, 2.05) is 30.3 Å². The van der Waals surface area contributed by atoms with E-state index in [0.717, 1.165) is 15.8 Å². The second-order valence-corrected chi connectivity index (χ2v) is 5.23. The zero-order chi connectivity index (χ0) is 13.2. The van der Waals surface area contributed by atoms with Gasteiger partial charge in [0.25, 0.3) is 0 Å². The number of aromatic nitrogens is 3. The average molecular weight is 289 g/mol. The predicted molar refractivity (Wildman–Crippen MR) is 77.3 cm³/mol. The lowest BCUT2D eigenvalue weighted by Gasteiger charge is -2.06. The van der Waals surface area contributed by atoms with Gasteiger partial charge in [0.2, 0.25) is 0 Å². The van der Waals surface area contributed by atoms with Gasteiger partial charge in [-0.1, -0.05) is 41.6 Å². The summed E-state index contributed by atoms with van der Waals surface area (Å²) in [4.78, 5) is 13.6. The van der Waals surface area contributed by atoms with Gasteiger partial charge < -0.3 is 5.73 Å². The van der Waals surface area contributed by atoms with Crippen LogP contribution in [-0.4, -0.2) is 15.0 Å². The summed E-state index contributed by atoms with van der Waals surface area (Å²) in [6, 6.07) is 9.86. The van der Waals surface area contributed by atoms with Crippen LogP contribution in [0, 0.1) is 0 Å². The SMILES string of the molecule is Nc1nc(Cl)cnc1Sc1ccnc2ccccc12. The molecule has 2 heterocycles. The average Bonchev–Trinajstić information content (AvgIpc) is 2.42. The number of hydrogen-bond donors (Lipinski definition) is 1. The number of hydrogen-bond acceptors (Lipinski definition) is 5. The quantitative estimate of drug-likeness (QED) is 0.783. The van der Waals surface area contributed by atoms with Crippen LogP contribution in [0.4, 0.5) is 5.82 Å². The van der Waals surface area contributed by atoms with E-state index in [-0.39, 0.29) is 0 Å². The number of pyridine rings is 1. The predicted octanol–water partition coefficient (Wildman–Crippen LogP) is 3.41. The highest BCUT2D eigenvalue weighted by molar-refractivity contribution is 7.99. The van der Waals surface area contributed by atoms with Crippen molar-refractivity contribution in [3.8, 4) is 0 Å². The molecule has 1 aromatic carbocycles. The molecular formula is C13H9ClN4S. The fourth-order valence-corrected chi connectivity index (χ4v) is 2.73. The number of halogens is 1. The van der Waals surface area contributed by atoms with Crippen LogP contribution < -0.4 is 5.73 Å². The minimum Gasteiger partial charge on any atom is -0.381 e. The van der Waals surface area contributed by atoms with Crippen LogP contribution in [0.25, 0.3) is 10.9 Å². The molecule has 0 unspecified atom stereocenters. The van der Waals surface area contributed by atoms with Gasteiger partial charge in [0.15, 0.2) is 5.82 Å². The van der Waals surface area contributed by atoms with Gasteiger partial charge in [-0.2, -0.15) is 0 Å². The first-order valence-corrected chi connectivity index (χ1v) is 6.73. The third kappa shape index (κ3) is 2.47. The Labute approximate surface area is 119 Å². The number of para-hydroxylation sites is 1. The van der Waals surface area contributed by atoms with Gasteiger partial charge in [0, 0.05) is 16.5 Å². The minimum atomic E-state index is 0.293. The molecule has 0 fully saturated rings. The molecule has 0 atom stereocenters. The Morgan fingerprint density at radius 3 is 2.79 bits per heavy atom. The highest BCUT2D eigenvalue weighted by Crippen LogP contribution is 2.33. The highest BCUT2D eigenvalue weighted by atomic mass is 35.5. The Morgan fingerprint density at radius 2 is 1.95 bits per heavy atom. The normalized spacial score (nSPS) is 10.8. The zero-order valence-electron chi connectivity index (χ0n) is 9.75. The Hall–Kier alpha value is -1.85. The molecule has 3 rings (SSSR count). The number of anilines is 1. The summed E-state index contributed by atoms with van der Waals surface area (Å²) >= 11 is 7.20. The first-order valence-electron chi connectivity index (χ1n) is 5.53. The molecule has 94 valence electrons. The molecule has 0 aliphatic heterocycles. The molecular weight excluding hydrogens is 280 g/mol. The molecule has 0 radical (unpaired) electrons. The van der Waals surface area contributed by atoms with E-state index < -0.39 is 0 Å². The highest BCUT2D eigenvalue weighted by Gasteiger charge is 2.08. The smallest absolute Gasteiger partial charge is 0.158 e. The fourth-order valence-electron chi connectivity index (χ4n) is 1.71. The van der Waals surface area contributed by atoms with Gasteiger partial charge in [-0.05, 0) is 12.1 Å². The van der Waals surface area contributed by atoms with Crippen LogP contribution in [0.15, 0.2) is 52.6 Å². The van der Waals surface area contributed by atoms with Crippen molar-refractivity contribution >= 4 is 40.1 Å². The molecule has 0 saturated carbocycles. The number of fused-ring (bicyclic) bond motifs is 1. The zero-order valence-corrected chi connectivity index (χ0v) is 11.3. The molecule has 0 aliphatic rings. The molecule has 2 N–H and O–H groups in total. The maximum Gasteiger partial charge on any atom is 0.158 e. The number of nitrogens with zero attached hydrogens (tertiary/aromatic N) is 3. The van der Waals surface area contributed by atoms with E-state index >= 15 is 0 Å². The maximum atomic E-state index is 5.82. The van der Waals surface area contributed by atoms with E-state index in [2.05, 4.69) is 15.0 Å². The lowest BCUT2D eigenvalue weighted by molar-refractivity contribution is 1.07. The first-order chi connectivity index (χ1) is 9.24. The van der Waals surface area contributed by atoms with Gasteiger partial charge in [-0.3, -0.25) is 4.98 Å². The standard InChI is InChI=1S/C13H9ClN4S/c14-11-7-17-13(12(15)18-11)19-10-5-6-16-9-4-2-1-3-8(9)10/h1-7H,(H2,15,18). The summed E-state index contributed by atoms with van der Waals surface area (Å²) < 4.78 is 0. The van der Waals surface area contributed by atoms with E-state index in [1.165, 1.54) is 18.0 Å². The van der Waals surface area contributed by atoms with Crippen molar-refractivity contribution in [2.45, 2.75) is 9.92 Å². The molecule has 4 nitrogen and oxygen atoms in total. The molecule has 3 aromatic rings. The van der Waals surface area contributed by atoms with Gasteiger partial charge in [-0.15, -0.1) is 0 Å². The maximum absolute atomic E-state index is 5.82. The van der Waals surface area contributed by atoms with Crippen molar-refractivity contribution < 1.29 is 0 Å². The largest absolute Gasteiger partial charge is 0.381 e. The first kappa shape index (κ1) is 12.2. The Balaban J connectivity index is 2.06. The van der Waals surface area contributed by atoms with Crippen LogP contribution in [0.5, 0.6) is 0 Å². The van der Waals surface area contributed by atoms with Crippen LogP contribution in [0.1, 0.15) is 0 Å². The number of benzene rings is 1. The fraction of sp³-hybridized carbons (Fsp3) is 0. The molecule has 0 saturated heterocycles. The summed E-state index contributed by atoms with van der Waals surface area (Å²) in [6.07, 6.45) is 3.26. The second-order valence-electron chi connectivity index (χ2n) is 3.81. The van der Waals surface area contributed by atoms with Gasteiger partial charge in [-0.25, -0.2) is 9.97 Å². The second kappa shape index (κ2) is 5.03. The molecule has 2 aromatic heterocycles. The van der Waals surface area contributed by atoms with Crippen molar-refractivity contribution in [3.63, 3.8) is 0 Å². The van der Waals surface area contributed by atoms with E-state index in [9.17, 15) is 0 Å². The number of nitrogen functional groups attached to an aromatic ring is 1. The van der Waals surface area contributed by atoms with Crippen LogP contribution in [0.3, 0.4) is 0 Å². The van der Waals surface area contributed by atoms with Crippen LogP contribution in [-0.2, 0) is 0 Å². The van der Waals surface area contributed by atoms with Gasteiger partial charge >= 0.3 is 0 Å². The third-order valence-electron chi connectivity index (χ3n) is 2.55. The Morgan fingerprint density at radius 1 is 1.11 bits per heavy atom.